The smallest absolute Gasteiger partial charge is 0.240 e. The highest BCUT2D eigenvalue weighted by Crippen LogP contribution is 2.26. The molecule has 0 unspecified atom stereocenters. The Morgan fingerprint density at radius 1 is 1.23 bits per heavy atom. The zero-order valence-corrected chi connectivity index (χ0v) is 15.9. The molecule has 1 aromatic carbocycles. The number of aryl methyl sites for hydroxylation is 2. The minimum atomic E-state index is -3.51. The highest BCUT2D eigenvalue weighted by molar-refractivity contribution is 9.11. The van der Waals surface area contributed by atoms with Crippen LogP contribution in [-0.2, 0) is 16.4 Å². The third kappa shape index (κ3) is 4.10. The molecule has 0 aliphatic rings. The third-order valence-corrected chi connectivity index (χ3v) is 6.36. The highest BCUT2D eigenvalue weighted by atomic mass is 79.9. The van der Waals surface area contributed by atoms with Crippen molar-refractivity contribution < 1.29 is 13.2 Å². The molecule has 0 spiro atoms. The van der Waals surface area contributed by atoms with Crippen molar-refractivity contribution >= 4 is 37.3 Å². The number of halogens is 1. The first-order chi connectivity index (χ1) is 10.3. The van der Waals surface area contributed by atoms with E-state index in [1.807, 2.05) is 26.0 Å². The largest absolute Gasteiger partial charge is 0.496 e. The Morgan fingerprint density at radius 2 is 1.86 bits per heavy atom. The van der Waals surface area contributed by atoms with Crippen LogP contribution < -0.4 is 9.46 Å². The number of thiophene rings is 1. The van der Waals surface area contributed by atoms with Gasteiger partial charge in [0.15, 0.2) is 0 Å². The van der Waals surface area contributed by atoms with E-state index in [2.05, 4.69) is 20.7 Å². The Labute approximate surface area is 143 Å². The number of ether oxygens (including phenoxy) is 1. The summed E-state index contributed by atoms with van der Waals surface area (Å²) in [5.74, 6) is 0.724. The van der Waals surface area contributed by atoms with Crippen LogP contribution in [0.4, 0.5) is 0 Å². The molecule has 0 aliphatic heterocycles. The molecule has 4 nitrogen and oxygen atoms in total. The molecule has 0 saturated heterocycles. The van der Waals surface area contributed by atoms with Crippen molar-refractivity contribution in [3.05, 3.63) is 44.1 Å². The van der Waals surface area contributed by atoms with Crippen molar-refractivity contribution in [3.63, 3.8) is 0 Å². The molecule has 0 amide bonds. The van der Waals surface area contributed by atoms with E-state index >= 15 is 0 Å². The molecular formula is C15H18BrNO3S2. The van der Waals surface area contributed by atoms with Crippen LogP contribution in [0.3, 0.4) is 0 Å². The van der Waals surface area contributed by atoms with Gasteiger partial charge in [-0.25, -0.2) is 13.1 Å². The molecule has 0 bridgehead atoms. The van der Waals surface area contributed by atoms with E-state index < -0.39 is 10.0 Å². The van der Waals surface area contributed by atoms with E-state index in [1.165, 1.54) is 0 Å². The summed E-state index contributed by atoms with van der Waals surface area (Å²) in [5, 5.41) is 0. The Balaban J connectivity index is 2.10. The second-order valence-electron chi connectivity index (χ2n) is 4.94. The number of benzene rings is 1. The molecule has 1 N–H and O–H groups in total. The van der Waals surface area contributed by atoms with Crippen molar-refractivity contribution in [3.8, 4) is 5.75 Å². The van der Waals surface area contributed by atoms with Crippen LogP contribution in [0.25, 0.3) is 0 Å². The van der Waals surface area contributed by atoms with Crippen molar-refractivity contribution in [2.75, 3.05) is 13.7 Å². The number of nitrogens with one attached hydrogen (secondary N) is 1. The second-order valence-corrected chi connectivity index (χ2v) is 9.26. The number of sulfonamides is 1. The van der Waals surface area contributed by atoms with E-state index in [0.717, 1.165) is 25.5 Å². The lowest BCUT2D eigenvalue weighted by atomic mass is 10.1. The molecule has 0 aliphatic carbocycles. The summed E-state index contributed by atoms with van der Waals surface area (Å²) < 4.78 is 33.7. The summed E-state index contributed by atoms with van der Waals surface area (Å²) in [6, 6.07) is 7.22. The van der Waals surface area contributed by atoms with Gasteiger partial charge in [0.05, 0.1) is 15.8 Å². The van der Waals surface area contributed by atoms with Crippen LogP contribution in [0.5, 0.6) is 5.75 Å². The number of hydrogen-bond donors (Lipinski definition) is 1. The van der Waals surface area contributed by atoms with Gasteiger partial charge in [0, 0.05) is 11.4 Å². The molecule has 0 fully saturated rings. The Kier molecular flexibility index (Phi) is 5.65. The quantitative estimate of drug-likeness (QED) is 0.800. The van der Waals surface area contributed by atoms with Gasteiger partial charge in [-0.05, 0) is 71.6 Å². The van der Waals surface area contributed by atoms with Gasteiger partial charge in [-0.2, -0.15) is 0 Å². The lowest BCUT2D eigenvalue weighted by Crippen LogP contribution is -2.26. The first-order valence-electron chi connectivity index (χ1n) is 6.72. The van der Waals surface area contributed by atoms with E-state index in [4.69, 9.17) is 4.74 Å². The molecular weight excluding hydrogens is 386 g/mol. The van der Waals surface area contributed by atoms with Crippen LogP contribution in [-0.4, -0.2) is 22.1 Å². The van der Waals surface area contributed by atoms with Gasteiger partial charge in [0.25, 0.3) is 0 Å². The predicted octanol–water partition coefficient (Wildman–Crippen LogP) is 3.66. The molecule has 0 atom stereocenters. The summed E-state index contributed by atoms with van der Waals surface area (Å²) in [4.78, 5) is 1.41. The summed E-state index contributed by atoms with van der Waals surface area (Å²) in [6.45, 7) is 4.06. The van der Waals surface area contributed by atoms with Crippen LogP contribution in [0.1, 0.15) is 16.0 Å². The standard InChI is InChI=1S/C15H18BrNO3S2/c1-10-8-13(9-11(2)15(10)20-3)22(18,19)17-7-6-12-4-5-14(16)21-12/h4-5,8-9,17H,6-7H2,1-3H3. The van der Waals surface area contributed by atoms with Gasteiger partial charge in [0.2, 0.25) is 10.0 Å². The fourth-order valence-corrected chi connectivity index (χ4v) is 4.95. The number of methoxy groups -OCH3 is 1. The normalized spacial score (nSPS) is 11.6. The number of hydrogen-bond acceptors (Lipinski definition) is 4. The minimum absolute atomic E-state index is 0.274. The zero-order valence-electron chi connectivity index (χ0n) is 12.6. The van der Waals surface area contributed by atoms with Crippen LogP contribution in [0, 0.1) is 13.8 Å². The molecule has 0 saturated carbocycles. The van der Waals surface area contributed by atoms with Gasteiger partial charge in [-0.1, -0.05) is 0 Å². The van der Waals surface area contributed by atoms with Gasteiger partial charge in [0.1, 0.15) is 5.75 Å². The SMILES string of the molecule is COc1c(C)cc(S(=O)(=O)NCCc2ccc(Br)s2)cc1C. The maximum atomic E-state index is 12.4. The maximum absolute atomic E-state index is 12.4. The highest BCUT2D eigenvalue weighted by Gasteiger charge is 2.17. The predicted molar refractivity (Wildman–Crippen MR) is 93.4 cm³/mol. The van der Waals surface area contributed by atoms with Crippen LogP contribution >= 0.6 is 27.3 Å². The Hall–Kier alpha value is -0.890. The lowest BCUT2D eigenvalue weighted by Gasteiger charge is -2.12. The summed E-state index contributed by atoms with van der Waals surface area (Å²) in [7, 11) is -1.92. The first-order valence-corrected chi connectivity index (χ1v) is 9.82. The number of rotatable bonds is 6. The molecule has 1 heterocycles. The molecule has 2 rings (SSSR count). The second kappa shape index (κ2) is 7.12. The first kappa shape index (κ1) is 17.5. The van der Waals surface area contributed by atoms with Gasteiger partial charge in [-0.3, -0.25) is 0 Å². The summed E-state index contributed by atoms with van der Waals surface area (Å²) >= 11 is 5.01. The van der Waals surface area contributed by atoms with E-state index in [9.17, 15) is 8.42 Å². The summed E-state index contributed by atoms with van der Waals surface area (Å²) in [6.07, 6.45) is 0.670. The van der Waals surface area contributed by atoms with E-state index in [0.29, 0.717) is 13.0 Å². The van der Waals surface area contributed by atoms with Crippen molar-refractivity contribution in [2.45, 2.75) is 25.2 Å². The van der Waals surface area contributed by atoms with Crippen molar-refractivity contribution in [1.82, 2.24) is 4.72 Å². The Morgan fingerprint density at radius 3 is 2.36 bits per heavy atom. The minimum Gasteiger partial charge on any atom is -0.496 e. The average molecular weight is 404 g/mol. The lowest BCUT2D eigenvalue weighted by molar-refractivity contribution is 0.408. The molecule has 2 aromatic rings. The van der Waals surface area contributed by atoms with Gasteiger partial charge in [-0.15, -0.1) is 11.3 Å². The van der Waals surface area contributed by atoms with Crippen LogP contribution in [0.15, 0.2) is 32.9 Å². The maximum Gasteiger partial charge on any atom is 0.240 e. The molecule has 22 heavy (non-hydrogen) atoms. The zero-order chi connectivity index (χ0) is 16.3. The fraction of sp³-hybridized carbons (Fsp3) is 0.333. The van der Waals surface area contributed by atoms with Gasteiger partial charge >= 0.3 is 0 Å². The molecule has 1 aromatic heterocycles. The average Bonchev–Trinajstić information content (AvgIpc) is 2.84. The molecule has 7 heteroatoms. The Bertz CT molecular complexity index is 746. The van der Waals surface area contributed by atoms with E-state index in [1.54, 1.807) is 30.6 Å². The van der Waals surface area contributed by atoms with E-state index in [-0.39, 0.29) is 4.90 Å². The summed E-state index contributed by atoms with van der Waals surface area (Å²) in [5.41, 5.74) is 1.62. The fourth-order valence-electron chi connectivity index (χ4n) is 2.27. The third-order valence-electron chi connectivity index (χ3n) is 3.24. The molecule has 120 valence electrons. The molecule has 0 radical (unpaired) electrons. The monoisotopic (exact) mass is 403 g/mol. The van der Waals surface area contributed by atoms with Crippen molar-refractivity contribution in [1.29, 1.82) is 0 Å². The van der Waals surface area contributed by atoms with Gasteiger partial charge < -0.3 is 4.74 Å². The topological polar surface area (TPSA) is 55.4 Å². The van der Waals surface area contributed by atoms with Crippen LogP contribution in [0.2, 0.25) is 0 Å². The van der Waals surface area contributed by atoms with Crippen molar-refractivity contribution in [2.24, 2.45) is 0 Å².